The zero-order chi connectivity index (χ0) is 27.3. The highest BCUT2D eigenvalue weighted by molar-refractivity contribution is 6.38. The Labute approximate surface area is 241 Å². The lowest BCUT2D eigenvalue weighted by molar-refractivity contribution is 0.360. The van der Waals surface area contributed by atoms with Crippen LogP contribution in [0.5, 0.6) is 23.0 Å². The second kappa shape index (κ2) is 9.47. The number of hydrogen-bond acceptors (Lipinski definition) is 4. The molecule has 0 N–H and O–H groups in total. The fourth-order valence-electron chi connectivity index (χ4n) is 5.52. The summed E-state index contributed by atoms with van der Waals surface area (Å²) in [7, 11) is 0. The third-order valence-corrected chi connectivity index (χ3v) is 7.79. The van der Waals surface area contributed by atoms with Crippen molar-refractivity contribution in [3.8, 4) is 34.1 Å². The molecule has 0 radical (unpaired) electrons. The van der Waals surface area contributed by atoms with Gasteiger partial charge in [-0.3, -0.25) is 0 Å². The van der Waals surface area contributed by atoms with E-state index in [0.717, 1.165) is 44.5 Å². The molecule has 1 aliphatic rings. The Kier molecular flexibility index (Phi) is 5.47. The van der Waals surface area contributed by atoms with Crippen molar-refractivity contribution in [2.45, 2.75) is 0 Å². The average Bonchev–Trinajstić information content (AvgIpc) is 3.41. The minimum Gasteiger partial charge on any atom is -0.454 e. The van der Waals surface area contributed by atoms with Gasteiger partial charge in [-0.2, -0.15) is 0 Å². The highest BCUT2D eigenvalue weighted by Crippen LogP contribution is 2.50. The second-order valence-corrected chi connectivity index (χ2v) is 10.2. The molecule has 0 spiro atoms. The van der Waals surface area contributed by atoms with Crippen LogP contribution in [0.3, 0.4) is 0 Å². The summed E-state index contributed by atoms with van der Waals surface area (Å²) in [5, 5.41) is 2.63. The lowest BCUT2D eigenvalue weighted by atomic mass is 10.00. The van der Waals surface area contributed by atoms with E-state index in [0.29, 0.717) is 33.6 Å². The van der Waals surface area contributed by atoms with Gasteiger partial charge in [-0.25, -0.2) is 0 Å². The molecule has 4 nitrogen and oxygen atoms in total. The minimum atomic E-state index is 0.581. The molecule has 1 aliphatic heterocycles. The monoisotopic (exact) mass is 551 g/mol. The third-order valence-electron chi connectivity index (χ3n) is 7.41. The van der Waals surface area contributed by atoms with Crippen LogP contribution in [0, 0.1) is 0 Å². The van der Waals surface area contributed by atoms with Crippen molar-refractivity contribution < 1.29 is 13.9 Å². The van der Waals surface area contributed by atoms with Crippen LogP contribution >= 0.6 is 11.6 Å². The first-order valence-electron chi connectivity index (χ1n) is 13.4. The van der Waals surface area contributed by atoms with Gasteiger partial charge in [0.15, 0.2) is 28.6 Å². The number of nitrogens with zero attached hydrogens (tertiary/aromatic N) is 1. The molecule has 0 unspecified atom stereocenters. The summed E-state index contributed by atoms with van der Waals surface area (Å²) in [6.45, 7) is 0. The van der Waals surface area contributed by atoms with E-state index in [2.05, 4.69) is 47.4 Å². The van der Waals surface area contributed by atoms with Crippen LogP contribution in [-0.2, 0) is 0 Å². The van der Waals surface area contributed by atoms with Gasteiger partial charge in [0.2, 0.25) is 0 Å². The first kappa shape index (κ1) is 23.7. The van der Waals surface area contributed by atoms with Crippen LogP contribution in [-0.4, -0.2) is 0 Å². The summed E-state index contributed by atoms with van der Waals surface area (Å²) >= 11 is 7.11. The number of hydrogen-bond donors (Lipinski definition) is 0. The third kappa shape index (κ3) is 3.92. The first-order chi connectivity index (χ1) is 20.2. The van der Waals surface area contributed by atoms with Gasteiger partial charge < -0.3 is 18.8 Å². The van der Waals surface area contributed by atoms with Gasteiger partial charge in [-0.15, -0.1) is 0 Å². The van der Waals surface area contributed by atoms with Gasteiger partial charge in [-0.05, 0) is 54.6 Å². The number of para-hydroxylation sites is 5. The maximum Gasteiger partial charge on any atom is 0.172 e. The number of benzene rings is 6. The standard InChI is InChI=1S/C36H22ClNO3/c37-35-27(19-20-28-26-13-5-7-15-30(26)41-36(28)35)25-12-4-6-14-29(25)38(23-10-2-1-3-11-23)24-18-21-33-34(22-24)40-32-17-9-8-16-31(32)39-33/h1-22H. The van der Waals surface area contributed by atoms with E-state index < -0.39 is 0 Å². The van der Waals surface area contributed by atoms with Gasteiger partial charge in [0.25, 0.3) is 0 Å². The normalized spacial score (nSPS) is 11.9. The number of furan rings is 1. The smallest absolute Gasteiger partial charge is 0.172 e. The Morgan fingerprint density at radius 1 is 0.488 bits per heavy atom. The Morgan fingerprint density at radius 2 is 1.17 bits per heavy atom. The van der Waals surface area contributed by atoms with E-state index in [-0.39, 0.29) is 0 Å². The van der Waals surface area contributed by atoms with Crippen molar-refractivity contribution in [1.29, 1.82) is 0 Å². The van der Waals surface area contributed by atoms with Crippen LogP contribution in [0.15, 0.2) is 138 Å². The van der Waals surface area contributed by atoms with Gasteiger partial charge in [-0.1, -0.05) is 84.4 Å². The summed E-state index contributed by atoms with van der Waals surface area (Å²) in [5.41, 5.74) is 6.26. The SMILES string of the molecule is Clc1c(-c2ccccc2N(c2ccccc2)c2ccc3c(c2)Oc2ccccc2O3)ccc2c1oc1ccccc12. The highest BCUT2D eigenvalue weighted by atomic mass is 35.5. The number of fused-ring (bicyclic) bond motifs is 5. The number of ether oxygens (including phenoxy) is 2. The maximum atomic E-state index is 7.11. The summed E-state index contributed by atoms with van der Waals surface area (Å²) in [6.07, 6.45) is 0. The fraction of sp³-hybridized carbons (Fsp3) is 0. The molecule has 6 aromatic carbocycles. The maximum absolute atomic E-state index is 7.11. The second-order valence-electron chi connectivity index (χ2n) is 9.87. The van der Waals surface area contributed by atoms with Crippen molar-refractivity contribution >= 4 is 50.6 Å². The van der Waals surface area contributed by atoms with Crippen molar-refractivity contribution in [3.05, 3.63) is 138 Å². The highest BCUT2D eigenvalue weighted by Gasteiger charge is 2.24. The van der Waals surface area contributed by atoms with Crippen molar-refractivity contribution in [2.24, 2.45) is 0 Å². The summed E-state index contributed by atoms with van der Waals surface area (Å²) in [5.74, 6) is 2.72. The summed E-state index contributed by atoms with van der Waals surface area (Å²) in [4.78, 5) is 2.21. The average molecular weight is 552 g/mol. The van der Waals surface area contributed by atoms with Crippen molar-refractivity contribution in [1.82, 2.24) is 0 Å². The van der Waals surface area contributed by atoms with Crippen LogP contribution < -0.4 is 14.4 Å². The molecular formula is C36H22ClNO3. The molecule has 0 atom stereocenters. The van der Waals surface area contributed by atoms with Crippen LogP contribution in [0.25, 0.3) is 33.1 Å². The van der Waals surface area contributed by atoms with E-state index in [1.54, 1.807) is 0 Å². The number of halogens is 1. The summed E-state index contributed by atoms with van der Waals surface area (Å²) in [6, 6.07) is 44.4. The number of rotatable bonds is 4. The van der Waals surface area contributed by atoms with E-state index in [1.807, 2.05) is 91.0 Å². The molecule has 8 rings (SSSR count). The van der Waals surface area contributed by atoms with Crippen LogP contribution in [0.2, 0.25) is 5.02 Å². The van der Waals surface area contributed by atoms with Crippen LogP contribution in [0.4, 0.5) is 17.1 Å². The van der Waals surface area contributed by atoms with Gasteiger partial charge in [0, 0.05) is 33.7 Å². The van der Waals surface area contributed by atoms with E-state index in [4.69, 9.17) is 25.5 Å². The molecule has 1 aromatic heterocycles. The Balaban J connectivity index is 1.30. The first-order valence-corrected chi connectivity index (χ1v) is 13.8. The molecule has 0 aliphatic carbocycles. The molecule has 196 valence electrons. The zero-order valence-corrected chi connectivity index (χ0v) is 22.5. The Morgan fingerprint density at radius 3 is 2.02 bits per heavy atom. The van der Waals surface area contributed by atoms with Crippen molar-refractivity contribution in [2.75, 3.05) is 4.90 Å². The summed E-state index contributed by atoms with van der Waals surface area (Å²) < 4.78 is 18.6. The van der Waals surface area contributed by atoms with Gasteiger partial charge in [0.1, 0.15) is 5.58 Å². The molecule has 0 bridgehead atoms. The molecule has 7 aromatic rings. The predicted octanol–water partition coefficient (Wildman–Crippen LogP) is 11.3. The lowest BCUT2D eigenvalue weighted by Crippen LogP contribution is -2.11. The molecule has 0 fully saturated rings. The van der Waals surface area contributed by atoms with Gasteiger partial charge in [0.05, 0.1) is 16.4 Å². The quantitative estimate of drug-likeness (QED) is 0.218. The fourth-order valence-corrected chi connectivity index (χ4v) is 5.83. The molecule has 0 amide bonds. The predicted molar refractivity (Wildman–Crippen MR) is 165 cm³/mol. The molecule has 2 heterocycles. The molecule has 5 heteroatoms. The number of anilines is 3. The van der Waals surface area contributed by atoms with E-state index >= 15 is 0 Å². The molecule has 0 saturated carbocycles. The largest absolute Gasteiger partial charge is 0.454 e. The van der Waals surface area contributed by atoms with E-state index in [9.17, 15) is 0 Å². The molecule has 0 saturated heterocycles. The van der Waals surface area contributed by atoms with Crippen molar-refractivity contribution in [3.63, 3.8) is 0 Å². The molecular weight excluding hydrogens is 530 g/mol. The van der Waals surface area contributed by atoms with Crippen LogP contribution in [0.1, 0.15) is 0 Å². The molecule has 41 heavy (non-hydrogen) atoms. The van der Waals surface area contributed by atoms with Gasteiger partial charge >= 0.3 is 0 Å². The topological polar surface area (TPSA) is 34.8 Å². The Bertz CT molecular complexity index is 2080. The Hall–Kier alpha value is -5.19. The lowest BCUT2D eigenvalue weighted by Gasteiger charge is -2.29. The minimum absolute atomic E-state index is 0.581. The van der Waals surface area contributed by atoms with E-state index in [1.165, 1.54) is 0 Å². The zero-order valence-electron chi connectivity index (χ0n) is 21.8.